The summed E-state index contributed by atoms with van der Waals surface area (Å²) in [7, 11) is 0. The molecule has 0 atom stereocenters. The summed E-state index contributed by atoms with van der Waals surface area (Å²) in [5, 5.41) is 13.3. The van der Waals surface area contributed by atoms with Crippen LogP contribution in [-0.2, 0) is 0 Å². The molecule has 2 rings (SSSR count). The van der Waals surface area contributed by atoms with Crippen LogP contribution in [0.5, 0.6) is 0 Å². The largest absolute Gasteiger partial charge is 0.478 e. The molecule has 2 aromatic carbocycles. The van der Waals surface area contributed by atoms with Gasteiger partial charge in [0.2, 0.25) is 0 Å². The zero-order chi connectivity index (χ0) is 16.3. The fourth-order valence-corrected chi connectivity index (χ4v) is 2.25. The Bertz CT molecular complexity index is 731. The molecule has 2 N–H and O–H groups in total. The molecule has 0 aliphatic rings. The zero-order valence-electron chi connectivity index (χ0n) is 13.3. The average molecular weight is 296 g/mol. The quantitative estimate of drug-likeness (QED) is 0.658. The molecule has 22 heavy (non-hydrogen) atoms. The Kier molecular flexibility index (Phi) is 4.61. The monoisotopic (exact) mass is 296 g/mol. The Morgan fingerprint density at radius 2 is 1.59 bits per heavy atom. The first-order valence-corrected chi connectivity index (χ1v) is 7.10. The first kappa shape index (κ1) is 15.8. The molecule has 4 nitrogen and oxygen atoms in total. The van der Waals surface area contributed by atoms with Gasteiger partial charge in [-0.15, -0.1) is 0 Å². The summed E-state index contributed by atoms with van der Waals surface area (Å²) < 4.78 is 0. The van der Waals surface area contributed by atoms with Gasteiger partial charge in [-0.3, -0.25) is 5.43 Å². The van der Waals surface area contributed by atoms with E-state index < -0.39 is 5.97 Å². The van der Waals surface area contributed by atoms with E-state index in [4.69, 9.17) is 5.11 Å². The Labute approximate surface area is 130 Å². The summed E-state index contributed by atoms with van der Waals surface area (Å²) in [6, 6.07) is 10.8. The molecule has 0 amide bonds. The van der Waals surface area contributed by atoms with E-state index in [0.717, 1.165) is 17.0 Å². The van der Waals surface area contributed by atoms with Gasteiger partial charge in [0.1, 0.15) is 0 Å². The number of hydrogen-bond donors (Lipinski definition) is 2. The summed E-state index contributed by atoms with van der Waals surface area (Å²) in [5.41, 5.74) is 9.68. The van der Waals surface area contributed by atoms with Gasteiger partial charge in [0, 0.05) is 5.56 Å². The van der Waals surface area contributed by atoms with Crippen LogP contribution in [0.25, 0.3) is 0 Å². The number of carboxylic acid groups (broad SMARTS) is 1. The van der Waals surface area contributed by atoms with Crippen LogP contribution < -0.4 is 5.43 Å². The topological polar surface area (TPSA) is 61.7 Å². The molecule has 0 radical (unpaired) electrons. The lowest BCUT2D eigenvalue weighted by Gasteiger charge is -2.10. The molecule has 0 fully saturated rings. The van der Waals surface area contributed by atoms with Crippen molar-refractivity contribution in [2.45, 2.75) is 27.7 Å². The number of anilines is 1. The first-order valence-electron chi connectivity index (χ1n) is 7.10. The number of carboxylic acids is 1. The molecule has 0 aliphatic heterocycles. The van der Waals surface area contributed by atoms with Crippen molar-refractivity contribution in [3.05, 3.63) is 64.2 Å². The van der Waals surface area contributed by atoms with E-state index in [1.165, 1.54) is 16.7 Å². The van der Waals surface area contributed by atoms with Crippen molar-refractivity contribution < 1.29 is 9.90 Å². The van der Waals surface area contributed by atoms with E-state index in [0.29, 0.717) is 0 Å². The van der Waals surface area contributed by atoms with Gasteiger partial charge in [0.05, 0.1) is 17.0 Å². The lowest BCUT2D eigenvalue weighted by Crippen LogP contribution is -2.03. The SMILES string of the molecule is C/C(=N/Nc1ccc(C(=O)O)cc1)c1cc(C)c(C)cc1C. The first-order chi connectivity index (χ1) is 10.4. The fourth-order valence-electron chi connectivity index (χ4n) is 2.25. The molecule has 0 heterocycles. The molecule has 0 saturated heterocycles. The van der Waals surface area contributed by atoms with Gasteiger partial charge in [-0.1, -0.05) is 6.07 Å². The fraction of sp³-hybridized carbons (Fsp3) is 0.222. The van der Waals surface area contributed by atoms with Gasteiger partial charge in [-0.05, 0) is 74.7 Å². The molecule has 0 saturated carbocycles. The molecule has 0 aliphatic carbocycles. The zero-order valence-corrected chi connectivity index (χ0v) is 13.3. The van der Waals surface area contributed by atoms with Crippen LogP contribution in [0.2, 0.25) is 0 Å². The van der Waals surface area contributed by atoms with Crippen molar-refractivity contribution in [1.29, 1.82) is 0 Å². The molecule has 0 aromatic heterocycles. The molecule has 114 valence electrons. The molecule has 2 aromatic rings. The van der Waals surface area contributed by atoms with Gasteiger partial charge < -0.3 is 5.11 Å². The number of benzene rings is 2. The van der Waals surface area contributed by atoms with Gasteiger partial charge in [-0.2, -0.15) is 5.10 Å². The number of aromatic carboxylic acids is 1. The normalized spacial score (nSPS) is 11.4. The molecule has 0 bridgehead atoms. The van der Waals surface area contributed by atoms with Crippen molar-refractivity contribution in [1.82, 2.24) is 0 Å². The Balaban J connectivity index is 2.19. The van der Waals surface area contributed by atoms with Gasteiger partial charge in [0.25, 0.3) is 0 Å². The summed E-state index contributed by atoms with van der Waals surface area (Å²) in [4.78, 5) is 10.8. The molecular formula is C18H20N2O2. The minimum absolute atomic E-state index is 0.260. The average Bonchev–Trinajstić information content (AvgIpc) is 2.49. The number of carbonyl (C=O) groups is 1. The summed E-state index contributed by atoms with van der Waals surface area (Å²) in [6.07, 6.45) is 0. The molecular weight excluding hydrogens is 276 g/mol. The van der Waals surface area contributed by atoms with Crippen LogP contribution in [0, 0.1) is 20.8 Å². The lowest BCUT2D eigenvalue weighted by molar-refractivity contribution is 0.0697. The number of aryl methyl sites for hydroxylation is 3. The van der Waals surface area contributed by atoms with Crippen LogP contribution in [0.1, 0.15) is 39.5 Å². The predicted octanol–water partition coefficient (Wildman–Crippen LogP) is 4.15. The summed E-state index contributed by atoms with van der Waals surface area (Å²) in [5.74, 6) is -0.933. The van der Waals surface area contributed by atoms with Crippen LogP contribution in [0.4, 0.5) is 5.69 Å². The van der Waals surface area contributed by atoms with E-state index in [1.54, 1.807) is 24.3 Å². The van der Waals surface area contributed by atoms with Crippen molar-refractivity contribution in [2.75, 3.05) is 5.43 Å². The second-order valence-corrected chi connectivity index (χ2v) is 5.44. The van der Waals surface area contributed by atoms with Crippen LogP contribution in [-0.4, -0.2) is 16.8 Å². The predicted molar refractivity (Wildman–Crippen MR) is 89.9 cm³/mol. The number of rotatable bonds is 4. The van der Waals surface area contributed by atoms with Crippen molar-refractivity contribution in [2.24, 2.45) is 5.10 Å². The van der Waals surface area contributed by atoms with E-state index >= 15 is 0 Å². The van der Waals surface area contributed by atoms with E-state index in [2.05, 4.69) is 43.4 Å². The number of nitrogens with one attached hydrogen (secondary N) is 1. The number of hydrazone groups is 1. The third-order valence-electron chi connectivity index (χ3n) is 3.72. The lowest BCUT2D eigenvalue weighted by atomic mass is 9.98. The van der Waals surface area contributed by atoms with Crippen LogP contribution in [0.15, 0.2) is 41.5 Å². The van der Waals surface area contributed by atoms with Crippen molar-refractivity contribution in [3.63, 3.8) is 0 Å². The molecule has 0 spiro atoms. The highest BCUT2D eigenvalue weighted by molar-refractivity contribution is 6.00. The standard InChI is InChI=1S/C18H20N2O2/c1-11-9-13(3)17(10-12(11)2)14(4)19-20-16-7-5-15(6-8-16)18(21)22/h5-10,20H,1-4H3,(H,21,22)/b19-14-. The minimum atomic E-state index is -0.933. The molecule has 0 unspecified atom stereocenters. The third-order valence-corrected chi connectivity index (χ3v) is 3.72. The third kappa shape index (κ3) is 3.52. The highest BCUT2D eigenvalue weighted by Gasteiger charge is 2.05. The summed E-state index contributed by atoms with van der Waals surface area (Å²) in [6.45, 7) is 8.21. The van der Waals surface area contributed by atoms with Gasteiger partial charge >= 0.3 is 5.97 Å². The Hall–Kier alpha value is -2.62. The maximum Gasteiger partial charge on any atom is 0.335 e. The number of hydrogen-bond acceptors (Lipinski definition) is 3. The summed E-state index contributed by atoms with van der Waals surface area (Å²) >= 11 is 0. The van der Waals surface area contributed by atoms with E-state index in [9.17, 15) is 4.79 Å². The highest BCUT2D eigenvalue weighted by Crippen LogP contribution is 2.17. The second kappa shape index (κ2) is 6.43. The highest BCUT2D eigenvalue weighted by atomic mass is 16.4. The van der Waals surface area contributed by atoms with Gasteiger partial charge in [-0.25, -0.2) is 4.79 Å². The minimum Gasteiger partial charge on any atom is -0.478 e. The smallest absolute Gasteiger partial charge is 0.335 e. The van der Waals surface area contributed by atoms with Gasteiger partial charge in [0.15, 0.2) is 0 Å². The van der Waals surface area contributed by atoms with Crippen molar-refractivity contribution in [3.8, 4) is 0 Å². The number of nitrogens with zero attached hydrogens (tertiary/aromatic N) is 1. The maximum atomic E-state index is 10.8. The van der Waals surface area contributed by atoms with E-state index in [1.807, 2.05) is 6.92 Å². The van der Waals surface area contributed by atoms with Crippen LogP contribution in [0.3, 0.4) is 0 Å². The maximum absolute atomic E-state index is 10.8. The van der Waals surface area contributed by atoms with Crippen molar-refractivity contribution >= 4 is 17.4 Å². The van der Waals surface area contributed by atoms with E-state index in [-0.39, 0.29) is 5.56 Å². The Morgan fingerprint density at radius 1 is 1.00 bits per heavy atom. The Morgan fingerprint density at radius 3 is 2.18 bits per heavy atom. The second-order valence-electron chi connectivity index (χ2n) is 5.44. The van der Waals surface area contributed by atoms with Crippen LogP contribution >= 0.6 is 0 Å². The molecule has 4 heteroatoms.